The Hall–Kier alpha value is -1.49. The van der Waals surface area contributed by atoms with Crippen molar-refractivity contribution in [1.29, 1.82) is 0 Å². The number of pyridine rings is 1. The molecule has 4 nitrogen and oxygen atoms in total. The standard InChI is InChI=1S/C15H19N3O/c1-15(7-3-9-19-15)14(18-16)12-5-2-4-11-6-8-17-10-13(11)12/h2,4-6,8,10,14,18H,3,7,9,16H2,1H3. The summed E-state index contributed by atoms with van der Waals surface area (Å²) in [5.74, 6) is 5.81. The number of nitrogens with one attached hydrogen (secondary N) is 1. The Morgan fingerprint density at radius 1 is 1.42 bits per heavy atom. The summed E-state index contributed by atoms with van der Waals surface area (Å²) >= 11 is 0. The maximum absolute atomic E-state index is 5.93. The highest BCUT2D eigenvalue weighted by molar-refractivity contribution is 5.85. The highest BCUT2D eigenvalue weighted by Gasteiger charge is 2.39. The zero-order chi connectivity index (χ0) is 13.3. The van der Waals surface area contributed by atoms with E-state index in [1.54, 1.807) is 0 Å². The molecule has 0 amide bonds. The molecule has 3 rings (SSSR count). The summed E-state index contributed by atoms with van der Waals surface area (Å²) in [6.07, 6.45) is 5.80. The zero-order valence-electron chi connectivity index (χ0n) is 11.1. The molecule has 19 heavy (non-hydrogen) atoms. The molecule has 2 aromatic rings. The average Bonchev–Trinajstić information content (AvgIpc) is 2.87. The van der Waals surface area contributed by atoms with Crippen molar-refractivity contribution in [3.63, 3.8) is 0 Å². The molecule has 0 bridgehead atoms. The van der Waals surface area contributed by atoms with Crippen molar-refractivity contribution in [3.8, 4) is 0 Å². The van der Waals surface area contributed by atoms with Gasteiger partial charge < -0.3 is 4.74 Å². The molecule has 2 atom stereocenters. The molecular formula is C15H19N3O. The first-order chi connectivity index (χ1) is 9.24. The number of nitrogens with zero attached hydrogens (tertiary/aromatic N) is 1. The van der Waals surface area contributed by atoms with Gasteiger partial charge in [-0.2, -0.15) is 0 Å². The first-order valence-corrected chi connectivity index (χ1v) is 6.67. The smallest absolute Gasteiger partial charge is 0.0862 e. The number of ether oxygens (including phenoxy) is 1. The maximum Gasteiger partial charge on any atom is 0.0862 e. The maximum atomic E-state index is 5.93. The van der Waals surface area contributed by atoms with Crippen LogP contribution in [0.1, 0.15) is 31.4 Å². The van der Waals surface area contributed by atoms with E-state index < -0.39 is 0 Å². The monoisotopic (exact) mass is 257 g/mol. The second kappa shape index (κ2) is 4.89. The van der Waals surface area contributed by atoms with E-state index in [4.69, 9.17) is 10.6 Å². The van der Waals surface area contributed by atoms with Gasteiger partial charge in [-0.25, -0.2) is 0 Å². The fourth-order valence-electron chi connectivity index (χ4n) is 3.01. The molecule has 2 heterocycles. The van der Waals surface area contributed by atoms with E-state index in [1.807, 2.05) is 18.5 Å². The van der Waals surface area contributed by atoms with Crippen molar-refractivity contribution in [1.82, 2.24) is 10.4 Å². The van der Waals surface area contributed by atoms with Crippen molar-refractivity contribution < 1.29 is 4.74 Å². The topological polar surface area (TPSA) is 60.2 Å². The lowest BCUT2D eigenvalue weighted by molar-refractivity contribution is -0.0121. The molecular weight excluding hydrogens is 238 g/mol. The van der Waals surface area contributed by atoms with Crippen LogP contribution >= 0.6 is 0 Å². The minimum absolute atomic E-state index is 0.0251. The van der Waals surface area contributed by atoms with Crippen molar-refractivity contribution >= 4 is 10.8 Å². The number of hydrazine groups is 1. The van der Waals surface area contributed by atoms with Gasteiger partial charge in [-0.3, -0.25) is 16.3 Å². The van der Waals surface area contributed by atoms with Gasteiger partial charge in [0.1, 0.15) is 0 Å². The van der Waals surface area contributed by atoms with Gasteiger partial charge >= 0.3 is 0 Å². The van der Waals surface area contributed by atoms with Gasteiger partial charge in [0.2, 0.25) is 0 Å². The van der Waals surface area contributed by atoms with E-state index in [9.17, 15) is 0 Å². The lowest BCUT2D eigenvalue weighted by Crippen LogP contribution is -2.44. The summed E-state index contributed by atoms with van der Waals surface area (Å²) in [5.41, 5.74) is 3.84. The Morgan fingerprint density at radius 3 is 3.05 bits per heavy atom. The third-order valence-corrected chi connectivity index (χ3v) is 4.06. The molecule has 1 aromatic carbocycles. The summed E-state index contributed by atoms with van der Waals surface area (Å²) in [7, 11) is 0. The summed E-state index contributed by atoms with van der Waals surface area (Å²) in [4.78, 5) is 4.23. The minimum Gasteiger partial charge on any atom is -0.373 e. The van der Waals surface area contributed by atoms with Crippen LogP contribution in [0, 0.1) is 0 Å². The van der Waals surface area contributed by atoms with Gasteiger partial charge in [0.05, 0.1) is 11.6 Å². The van der Waals surface area contributed by atoms with Crippen molar-refractivity contribution in [2.45, 2.75) is 31.4 Å². The van der Waals surface area contributed by atoms with Crippen LogP contribution in [0.3, 0.4) is 0 Å². The van der Waals surface area contributed by atoms with E-state index in [0.717, 1.165) is 30.4 Å². The molecule has 1 fully saturated rings. The van der Waals surface area contributed by atoms with Crippen molar-refractivity contribution in [3.05, 3.63) is 42.2 Å². The largest absolute Gasteiger partial charge is 0.373 e. The number of benzene rings is 1. The predicted octanol–water partition coefficient (Wildman–Crippen LogP) is 2.31. The van der Waals surface area contributed by atoms with Crippen LogP contribution < -0.4 is 11.3 Å². The van der Waals surface area contributed by atoms with Gasteiger partial charge in [-0.1, -0.05) is 18.2 Å². The van der Waals surface area contributed by atoms with E-state index in [1.165, 1.54) is 5.39 Å². The van der Waals surface area contributed by atoms with Crippen LogP contribution in [0.2, 0.25) is 0 Å². The minimum atomic E-state index is -0.251. The normalized spacial score (nSPS) is 24.7. The van der Waals surface area contributed by atoms with Gasteiger partial charge in [0, 0.05) is 24.4 Å². The Morgan fingerprint density at radius 2 is 2.32 bits per heavy atom. The Bertz CT molecular complexity index is 573. The molecule has 0 aliphatic carbocycles. The first-order valence-electron chi connectivity index (χ1n) is 6.67. The fraction of sp³-hybridized carbons (Fsp3) is 0.400. The van der Waals surface area contributed by atoms with Crippen LogP contribution in [0.15, 0.2) is 36.7 Å². The lowest BCUT2D eigenvalue weighted by Gasteiger charge is -2.33. The second-order valence-corrected chi connectivity index (χ2v) is 5.31. The molecule has 0 spiro atoms. The Balaban J connectivity index is 2.11. The zero-order valence-corrected chi connectivity index (χ0v) is 11.1. The lowest BCUT2D eigenvalue weighted by atomic mass is 9.86. The molecule has 0 radical (unpaired) electrons. The molecule has 1 saturated heterocycles. The predicted molar refractivity (Wildman–Crippen MR) is 75.4 cm³/mol. The van der Waals surface area contributed by atoms with Crippen LogP contribution in [0.4, 0.5) is 0 Å². The van der Waals surface area contributed by atoms with Gasteiger partial charge in [-0.05, 0) is 36.8 Å². The van der Waals surface area contributed by atoms with Crippen molar-refractivity contribution in [2.24, 2.45) is 5.84 Å². The van der Waals surface area contributed by atoms with E-state index in [2.05, 4.69) is 35.5 Å². The first kappa shape index (κ1) is 12.5. The molecule has 3 N–H and O–H groups in total. The number of rotatable bonds is 3. The number of fused-ring (bicyclic) bond motifs is 1. The van der Waals surface area contributed by atoms with E-state index >= 15 is 0 Å². The highest BCUT2D eigenvalue weighted by Crippen LogP contribution is 2.39. The molecule has 4 heteroatoms. The third kappa shape index (κ3) is 2.12. The fourth-order valence-corrected chi connectivity index (χ4v) is 3.01. The molecule has 100 valence electrons. The number of hydrogen-bond donors (Lipinski definition) is 2. The van der Waals surface area contributed by atoms with Crippen LogP contribution in [0.25, 0.3) is 10.8 Å². The van der Waals surface area contributed by atoms with Crippen LogP contribution in [-0.2, 0) is 4.74 Å². The molecule has 1 aromatic heterocycles. The average molecular weight is 257 g/mol. The second-order valence-electron chi connectivity index (χ2n) is 5.31. The van der Waals surface area contributed by atoms with Gasteiger partial charge in [0.25, 0.3) is 0 Å². The number of hydrogen-bond acceptors (Lipinski definition) is 4. The summed E-state index contributed by atoms with van der Waals surface area (Å²) in [6.45, 7) is 2.93. The van der Waals surface area contributed by atoms with E-state index in [0.29, 0.717) is 0 Å². The van der Waals surface area contributed by atoms with E-state index in [-0.39, 0.29) is 11.6 Å². The number of nitrogens with two attached hydrogens (primary N) is 1. The summed E-state index contributed by atoms with van der Waals surface area (Å²) < 4.78 is 5.93. The number of aromatic nitrogens is 1. The Labute approximate surface area is 112 Å². The van der Waals surface area contributed by atoms with Crippen LogP contribution in [-0.4, -0.2) is 17.2 Å². The third-order valence-electron chi connectivity index (χ3n) is 4.06. The quantitative estimate of drug-likeness (QED) is 0.654. The van der Waals surface area contributed by atoms with Crippen LogP contribution in [0.5, 0.6) is 0 Å². The molecule has 2 unspecified atom stereocenters. The molecule has 1 aliphatic rings. The van der Waals surface area contributed by atoms with Gasteiger partial charge in [0.15, 0.2) is 0 Å². The van der Waals surface area contributed by atoms with Crippen molar-refractivity contribution in [2.75, 3.05) is 6.61 Å². The van der Waals surface area contributed by atoms with Gasteiger partial charge in [-0.15, -0.1) is 0 Å². The highest BCUT2D eigenvalue weighted by atomic mass is 16.5. The molecule has 0 saturated carbocycles. The Kier molecular flexibility index (Phi) is 3.22. The summed E-state index contributed by atoms with van der Waals surface area (Å²) in [5, 5.41) is 2.30. The SMILES string of the molecule is CC1(C(NN)c2cccc3ccncc23)CCCO1. The molecule has 1 aliphatic heterocycles. The summed E-state index contributed by atoms with van der Waals surface area (Å²) in [6, 6.07) is 8.24.